The molecule has 4 heteroatoms. The van der Waals surface area contributed by atoms with Crippen LogP contribution < -0.4 is 10.1 Å². The number of hydrogen-bond acceptors (Lipinski definition) is 2. The Balaban J connectivity index is 2.35. The molecule has 1 aromatic rings. The van der Waals surface area contributed by atoms with Gasteiger partial charge in [-0.15, -0.1) is 11.6 Å². The number of carbonyl (C=O) groups excluding carboxylic acids is 1. The average molecular weight is 284 g/mol. The topological polar surface area (TPSA) is 38.3 Å². The fourth-order valence-electron chi connectivity index (χ4n) is 1.74. The average Bonchev–Trinajstić information content (AvgIpc) is 2.48. The van der Waals surface area contributed by atoms with E-state index < -0.39 is 0 Å². The molecular weight excluding hydrogens is 262 g/mol. The highest BCUT2D eigenvalue weighted by atomic mass is 35.5. The first kappa shape index (κ1) is 15.8. The van der Waals surface area contributed by atoms with Crippen LogP contribution in [0.2, 0.25) is 0 Å². The third-order valence-electron chi connectivity index (χ3n) is 3.56. The van der Waals surface area contributed by atoms with Crippen LogP contribution in [0.1, 0.15) is 26.7 Å². The molecule has 0 spiro atoms. The van der Waals surface area contributed by atoms with Crippen molar-refractivity contribution < 1.29 is 9.53 Å². The summed E-state index contributed by atoms with van der Waals surface area (Å²) in [5.41, 5.74) is -0.00996. The Kier molecular flexibility index (Phi) is 6.71. The Bertz CT molecular complexity index is 369. The Morgan fingerprint density at radius 1 is 1.26 bits per heavy atom. The molecule has 0 aliphatic carbocycles. The van der Waals surface area contributed by atoms with Crippen LogP contribution in [0, 0.1) is 5.41 Å². The lowest BCUT2D eigenvalue weighted by Crippen LogP contribution is -2.40. The normalized spacial score (nSPS) is 11.1. The maximum absolute atomic E-state index is 11.7. The van der Waals surface area contributed by atoms with Gasteiger partial charge in [-0.3, -0.25) is 4.79 Å². The van der Waals surface area contributed by atoms with Crippen LogP contribution in [0.4, 0.5) is 0 Å². The smallest absolute Gasteiger partial charge is 0.257 e. The third-order valence-corrected chi connectivity index (χ3v) is 4.12. The Morgan fingerprint density at radius 2 is 1.89 bits per heavy atom. The van der Waals surface area contributed by atoms with Gasteiger partial charge in [0, 0.05) is 17.8 Å². The minimum Gasteiger partial charge on any atom is -0.484 e. The molecule has 1 aromatic carbocycles. The van der Waals surface area contributed by atoms with Crippen molar-refractivity contribution in [1.82, 2.24) is 5.32 Å². The first-order valence-corrected chi connectivity index (χ1v) is 7.19. The summed E-state index contributed by atoms with van der Waals surface area (Å²) in [6.45, 7) is 4.83. The van der Waals surface area contributed by atoms with E-state index in [2.05, 4.69) is 19.2 Å². The van der Waals surface area contributed by atoms with Gasteiger partial charge in [0.1, 0.15) is 5.75 Å². The molecule has 19 heavy (non-hydrogen) atoms. The summed E-state index contributed by atoms with van der Waals surface area (Å²) in [6, 6.07) is 9.31. The highest BCUT2D eigenvalue weighted by Crippen LogP contribution is 2.26. The van der Waals surface area contributed by atoms with Gasteiger partial charge in [0.15, 0.2) is 6.61 Å². The van der Waals surface area contributed by atoms with Gasteiger partial charge in [0.05, 0.1) is 0 Å². The lowest BCUT2D eigenvalue weighted by atomic mass is 9.84. The molecule has 0 aliphatic rings. The van der Waals surface area contributed by atoms with Crippen LogP contribution in [0.3, 0.4) is 0 Å². The van der Waals surface area contributed by atoms with E-state index in [4.69, 9.17) is 16.3 Å². The number of benzene rings is 1. The molecular formula is C15H22ClNO2. The molecule has 0 saturated heterocycles. The second kappa shape index (κ2) is 8.05. The number of ether oxygens (including phenoxy) is 1. The largest absolute Gasteiger partial charge is 0.484 e. The Morgan fingerprint density at radius 3 is 2.42 bits per heavy atom. The van der Waals surface area contributed by atoms with Crippen molar-refractivity contribution in [3.63, 3.8) is 0 Å². The molecule has 0 heterocycles. The van der Waals surface area contributed by atoms with Gasteiger partial charge in [-0.05, 0) is 25.0 Å². The zero-order chi connectivity index (χ0) is 14.1. The zero-order valence-electron chi connectivity index (χ0n) is 11.6. The molecule has 0 unspecified atom stereocenters. The predicted octanol–water partition coefficient (Wildman–Crippen LogP) is 3.23. The number of rotatable bonds is 8. The fourth-order valence-corrected chi connectivity index (χ4v) is 2.21. The molecule has 0 fully saturated rings. The van der Waals surface area contributed by atoms with Gasteiger partial charge in [0.2, 0.25) is 0 Å². The van der Waals surface area contributed by atoms with Crippen molar-refractivity contribution >= 4 is 17.5 Å². The van der Waals surface area contributed by atoms with Crippen LogP contribution in [-0.2, 0) is 4.79 Å². The monoisotopic (exact) mass is 283 g/mol. The molecule has 0 bridgehead atoms. The predicted molar refractivity (Wildman–Crippen MR) is 78.7 cm³/mol. The number of carbonyl (C=O) groups is 1. The minimum atomic E-state index is -0.111. The summed E-state index contributed by atoms with van der Waals surface area (Å²) in [5.74, 6) is 1.15. The van der Waals surface area contributed by atoms with E-state index >= 15 is 0 Å². The van der Waals surface area contributed by atoms with E-state index in [9.17, 15) is 4.79 Å². The third kappa shape index (κ3) is 5.11. The van der Waals surface area contributed by atoms with Crippen LogP contribution in [0.5, 0.6) is 5.75 Å². The standard InChI is InChI=1S/C15H22ClNO2/c1-3-15(4-2,11-16)12-17-14(18)10-19-13-8-6-5-7-9-13/h5-9H,3-4,10-12H2,1-2H3,(H,17,18). The molecule has 1 amide bonds. The molecule has 3 nitrogen and oxygen atoms in total. The van der Waals surface area contributed by atoms with Crippen molar-refractivity contribution in [2.45, 2.75) is 26.7 Å². The van der Waals surface area contributed by atoms with E-state index in [1.807, 2.05) is 30.3 Å². The number of halogens is 1. The second-order valence-corrected chi connectivity index (χ2v) is 4.99. The van der Waals surface area contributed by atoms with Crippen LogP contribution in [0.25, 0.3) is 0 Å². The minimum absolute atomic E-state index is 0.00996. The van der Waals surface area contributed by atoms with Crippen molar-refractivity contribution in [2.24, 2.45) is 5.41 Å². The maximum atomic E-state index is 11.7. The van der Waals surface area contributed by atoms with Gasteiger partial charge < -0.3 is 10.1 Å². The SMILES string of the molecule is CCC(CC)(CCl)CNC(=O)COc1ccccc1. The number of para-hydroxylation sites is 1. The first-order chi connectivity index (χ1) is 9.15. The molecule has 1 N–H and O–H groups in total. The number of alkyl halides is 1. The molecule has 1 rings (SSSR count). The van der Waals surface area contributed by atoms with Crippen molar-refractivity contribution in [3.8, 4) is 5.75 Å². The Labute approximate surface area is 120 Å². The quantitative estimate of drug-likeness (QED) is 0.744. The number of hydrogen-bond donors (Lipinski definition) is 1. The number of amides is 1. The second-order valence-electron chi connectivity index (χ2n) is 4.72. The van der Waals surface area contributed by atoms with E-state index in [-0.39, 0.29) is 17.9 Å². The van der Waals surface area contributed by atoms with Crippen molar-refractivity contribution in [1.29, 1.82) is 0 Å². The van der Waals surface area contributed by atoms with Crippen molar-refractivity contribution in [2.75, 3.05) is 19.0 Å². The van der Waals surface area contributed by atoms with E-state index in [0.717, 1.165) is 12.8 Å². The van der Waals surface area contributed by atoms with Gasteiger partial charge in [-0.2, -0.15) is 0 Å². The van der Waals surface area contributed by atoms with Crippen LogP contribution in [0.15, 0.2) is 30.3 Å². The summed E-state index contributed by atoms with van der Waals surface area (Å²) < 4.78 is 5.39. The van der Waals surface area contributed by atoms with Gasteiger partial charge in [-0.25, -0.2) is 0 Å². The summed E-state index contributed by atoms with van der Waals surface area (Å²) in [4.78, 5) is 11.7. The van der Waals surface area contributed by atoms with E-state index in [1.165, 1.54) is 0 Å². The highest BCUT2D eigenvalue weighted by Gasteiger charge is 2.25. The molecule has 0 aromatic heterocycles. The maximum Gasteiger partial charge on any atom is 0.257 e. The summed E-state index contributed by atoms with van der Waals surface area (Å²) >= 11 is 6.00. The van der Waals surface area contributed by atoms with E-state index in [0.29, 0.717) is 18.2 Å². The lowest BCUT2D eigenvalue weighted by molar-refractivity contribution is -0.123. The van der Waals surface area contributed by atoms with Crippen molar-refractivity contribution in [3.05, 3.63) is 30.3 Å². The number of nitrogens with one attached hydrogen (secondary N) is 1. The highest BCUT2D eigenvalue weighted by molar-refractivity contribution is 6.18. The van der Waals surface area contributed by atoms with Gasteiger partial charge >= 0.3 is 0 Å². The van der Waals surface area contributed by atoms with Crippen LogP contribution in [-0.4, -0.2) is 24.9 Å². The fraction of sp³-hybridized carbons (Fsp3) is 0.533. The molecule has 0 radical (unpaired) electrons. The van der Waals surface area contributed by atoms with Crippen LogP contribution >= 0.6 is 11.6 Å². The lowest BCUT2D eigenvalue weighted by Gasteiger charge is -2.29. The molecule has 106 valence electrons. The molecule has 0 saturated carbocycles. The molecule has 0 atom stereocenters. The summed E-state index contributed by atoms with van der Waals surface area (Å²) in [6.07, 6.45) is 1.90. The zero-order valence-corrected chi connectivity index (χ0v) is 12.4. The van der Waals surface area contributed by atoms with Gasteiger partial charge in [0.25, 0.3) is 5.91 Å². The first-order valence-electron chi connectivity index (χ1n) is 6.66. The summed E-state index contributed by atoms with van der Waals surface area (Å²) in [7, 11) is 0. The molecule has 0 aliphatic heterocycles. The van der Waals surface area contributed by atoms with Gasteiger partial charge in [-0.1, -0.05) is 32.0 Å². The Hall–Kier alpha value is -1.22. The van der Waals surface area contributed by atoms with E-state index in [1.54, 1.807) is 0 Å². The summed E-state index contributed by atoms with van der Waals surface area (Å²) in [5, 5.41) is 2.90.